The topological polar surface area (TPSA) is 87.2 Å². The lowest BCUT2D eigenvalue weighted by atomic mass is 9.74. The van der Waals surface area contributed by atoms with Crippen molar-refractivity contribution in [3.63, 3.8) is 0 Å². The van der Waals surface area contributed by atoms with Crippen molar-refractivity contribution in [1.29, 1.82) is 0 Å². The molecule has 1 saturated heterocycles. The van der Waals surface area contributed by atoms with E-state index < -0.39 is 23.2 Å². The number of thioether (sulfide) groups is 1. The van der Waals surface area contributed by atoms with Gasteiger partial charge in [0.25, 0.3) is 0 Å². The second kappa shape index (κ2) is 12.0. The summed E-state index contributed by atoms with van der Waals surface area (Å²) < 4.78 is 5.68. The number of amides is 3. The van der Waals surface area contributed by atoms with Gasteiger partial charge in [0, 0.05) is 38.9 Å². The maximum atomic E-state index is 14.2. The fourth-order valence-electron chi connectivity index (χ4n) is 5.17. The van der Waals surface area contributed by atoms with Crippen LogP contribution in [0.15, 0.2) is 0 Å². The van der Waals surface area contributed by atoms with Crippen molar-refractivity contribution in [3.05, 3.63) is 0 Å². The van der Waals surface area contributed by atoms with E-state index in [4.69, 9.17) is 4.74 Å². The average Bonchev–Trinajstić information content (AvgIpc) is 3.22. The van der Waals surface area contributed by atoms with Gasteiger partial charge in [0.05, 0.1) is 11.5 Å². The minimum Gasteiger partial charge on any atom is -0.444 e. The first-order valence-electron chi connectivity index (χ1n) is 13.6. The smallest absolute Gasteiger partial charge is 0.411 e. The maximum Gasteiger partial charge on any atom is 0.411 e. The van der Waals surface area contributed by atoms with E-state index in [0.717, 1.165) is 25.7 Å². The molecule has 9 heteroatoms. The average molecular weight is 540 g/mol. The van der Waals surface area contributed by atoms with Crippen molar-refractivity contribution < 1.29 is 23.9 Å². The fourth-order valence-corrected chi connectivity index (χ4v) is 5.85. The third kappa shape index (κ3) is 8.36. The van der Waals surface area contributed by atoms with E-state index >= 15 is 0 Å². The SMILES string of the molecule is CCN(C)C(=O)[C@@H]1C[C@H](N(C(=O)C(C)(C)CSC(C)=O)C2CCC(C)(C)CC2)CN1C(=O)OC(C)(C)C. The van der Waals surface area contributed by atoms with Crippen LogP contribution in [0.3, 0.4) is 0 Å². The molecule has 0 radical (unpaired) electrons. The van der Waals surface area contributed by atoms with E-state index in [0.29, 0.717) is 18.7 Å². The predicted octanol–water partition coefficient (Wildman–Crippen LogP) is 4.95. The van der Waals surface area contributed by atoms with Gasteiger partial charge < -0.3 is 14.5 Å². The Morgan fingerprint density at radius 1 is 1.03 bits per heavy atom. The van der Waals surface area contributed by atoms with Crippen LogP contribution in [0.2, 0.25) is 0 Å². The van der Waals surface area contributed by atoms with Gasteiger partial charge in [-0.15, -0.1) is 0 Å². The molecule has 8 nitrogen and oxygen atoms in total. The summed E-state index contributed by atoms with van der Waals surface area (Å²) in [5.41, 5.74) is -1.23. The van der Waals surface area contributed by atoms with Gasteiger partial charge in [0.2, 0.25) is 11.8 Å². The van der Waals surface area contributed by atoms with E-state index in [-0.39, 0.29) is 41.0 Å². The van der Waals surface area contributed by atoms with E-state index in [9.17, 15) is 19.2 Å². The molecule has 0 aromatic carbocycles. The molecule has 1 aliphatic carbocycles. The Kier molecular flexibility index (Phi) is 10.2. The van der Waals surface area contributed by atoms with Gasteiger partial charge in [-0.25, -0.2) is 4.79 Å². The zero-order chi connectivity index (χ0) is 28.3. The van der Waals surface area contributed by atoms with Crippen LogP contribution in [0.1, 0.15) is 94.4 Å². The minimum atomic E-state index is -0.762. The lowest BCUT2D eigenvalue weighted by Gasteiger charge is -2.45. The Morgan fingerprint density at radius 3 is 2.08 bits per heavy atom. The first-order chi connectivity index (χ1) is 16.9. The summed E-state index contributed by atoms with van der Waals surface area (Å²) in [5, 5.41) is -0.0166. The molecule has 3 amide bonds. The number of ether oxygens (including phenoxy) is 1. The number of carbonyl (C=O) groups is 4. The first-order valence-corrected chi connectivity index (χ1v) is 14.6. The van der Waals surface area contributed by atoms with E-state index in [1.807, 2.05) is 46.4 Å². The molecule has 0 aromatic heterocycles. The molecule has 1 saturated carbocycles. The summed E-state index contributed by atoms with van der Waals surface area (Å²) in [6, 6.07) is -0.952. The monoisotopic (exact) mass is 539 g/mol. The molecule has 0 unspecified atom stereocenters. The van der Waals surface area contributed by atoms with Crippen LogP contribution < -0.4 is 0 Å². The predicted molar refractivity (Wildman–Crippen MR) is 148 cm³/mol. The zero-order valence-corrected chi connectivity index (χ0v) is 25.5. The maximum absolute atomic E-state index is 14.2. The summed E-state index contributed by atoms with van der Waals surface area (Å²) in [7, 11) is 1.73. The van der Waals surface area contributed by atoms with Crippen molar-refractivity contribution in [2.75, 3.05) is 25.9 Å². The van der Waals surface area contributed by atoms with Crippen LogP contribution in [0.5, 0.6) is 0 Å². The first kappa shape index (κ1) is 31.4. The Hall–Kier alpha value is -1.77. The summed E-state index contributed by atoms with van der Waals surface area (Å²) in [4.78, 5) is 57.6. The number of likely N-dealkylation sites (N-methyl/N-ethyl adjacent to an activating group) is 1. The molecule has 1 heterocycles. The molecular weight excluding hydrogens is 490 g/mol. The molecule has 0 aromatic rings. The van der Waals surface area contributed by atoms with Crippen molar-refractivity contribution in [2.45, 2.75) is 118 Å². The van der Waals surface area contributed by atoms with Gasteiger partial charge in [0.15, 0.2) is 5.12 Å². The highest BCUT2D eigenvalue weighted by Gasteiger charge is 2.49. The zero-order valence-electron chi connectivity index (χ0n) is 24.7. The number of nitrogens with zero attached hydrogens (tertiary/aromatic N) is 3. The quantitative estimate of drug-likeness (QED) is 0.455. The summed E-state index contributed by atoms with van der Waals surface area (Å²) in [6.07, 6.45) is 3.63. The summed E-state index contributed by atoms with van der Waals surface area (Å²) >= 11 is 1.17. The summed E-state index contributed by atoms with van der Waals surface area (Å²) in [5.74, 6) is 0.232. The Balaban J connectivity index is 2.44. The summed E-state index contributed by atoms with van der Waals surface area (Å²) in [6.45, 7) is 17.9. The van der Waals surface area contributed by atoms with Crippen LogP contribution in [0.4, 0.5) is 4.79 Å². The van der Waals surface area contributed by atoms with Gasteiger partial charge >= 0.3 is 6.09 Å². The second-order valence-electron chi connectivity index (χ2n) is 13.2. The molecule has 212 valence electrons. The Labute approximate surface area is 228 Å². The van der Waals surface area contributed by atoms with Gasteiger partial charge in [-0.3, -0.25) is 19.3 Å². The van der Waals surface area contributed by atoms with Gasteiger partial charge in [-0.05, 0) is 65.2 Å². The highest BCUT2D eigenvalue weighted by Crippen LogP contribution is 2.41. The third-order valence-electron chi connectivity index (χ3n) is 7.59. The van der Waals surface area contributed by atoms with Crippen molar-refractivity contribution >= 4 is 34.8 Å². The largest absolute Gasteiger partial charge is 0.444 e. The van der Waals surface area contributed by atoms with E-state index in [2.05, 4.69) is 13.8 Å². The molecule has 1 aliphatic heterocycles. The Morgan fingerprint density at radius 2 is 1.59 bits per heavy atom. The third-order valence-corrected chi connectivity index (χ3v) is 8.86. The number of hydrogen-bond acceptors (Lipinski definition) is 6. The lowest BCUT2D eigenvalue weighted by molar-refractivity contribution is -0.146. The van der Waals surface area contributed by atoms with Crippen molar-refractivity contribution in [2.24, 2.45) is 10.8 Å². The lowest BCUT2D eigenvalue weighted by Crippen LogP contribution is -2.55. The van der Waals surface area contributed by atoms with Crippen molar-refractivity contribution in [3.8, 4) is 0 Å². The molecule has 2 fully saturated rings. The van der Waals surface area contributed by atoms with Crippen LogP contribution in [-0.4, -0.2) is 87.3 Å². The Bertz CT molecular complexity index is 856. The van der Waals surface area contributed by atoms with Crippen LogP contribution in [0, 0.1) is 10.8 Å². The number of hydrogen-bond donors (Lipinski definition) is 0. The molecule has 0 bridgehead atoms. The normalized spacial score (nSPS) is 22.5. The molecule has 0 spiro atoms. The van der Waals surface area contributed by atoms with E-state index in [1.165, 1.54) is 23.6 Å². The van der Waals surface area contributed by atoms with Crippen LogP contribution >= 0.6 is 11.8 Å². The minimum absolute atomic E-state index is 0.0166. The molecule has 0 N–H and O–H groups in total. The fraction of sp³-hybridized carbons (Fsp3) is 0.857. The van der Waals surface area contributed by atoms with E-state index in [1.54, 1.807) is 11.9 Å². The highest BCUT2D eigenvalue weighted by molar-refractivity contribution is 8.13. The standard InChI is InChI=1S/C28H49N3O5S/c1-11-29(10)23(33)22-16-21(17-30(22)25(35)36-26(3,4)5)31(20-12-14-27(6,7)15-13-20)24(34)28(8,9)18-37-19(2)32/h20-22H,11-18H2,1-10H3/t21-,22-/m0/s1. The van der Waals surface area contributed by atoms with Gasteiger partial charge in [0.1, 0.15) is 11.6 Å². The van der Waals surface area contributed by atoms with Gasteiger partial charge in [-0.2, -0.15) is 0 Å². The molecule has 37 heavy (non-hydrogen) atoms. The molecular formula is C28H49N3O5S. The molecule has 2 aliphatic rings. The number of carbonyl (C=O) groups excluding carboxylic acids is 4. The van der Waals surface area contributed by atoms with Gasteiger partial charge in [-0.1, -0.05) is 39.5 Å². The van der Waals surface area contributed by atoms with Crippen molar-refractivity contribution in [1.82, 2.24) is 14.7 Å². The van der Waals surface area contributed by atoms with Crippen LogP contribution in [-0.2, 0) is 19.1 Å². The van der Waals surface area contributed by atoms with Crippen LogP contribution in [0.25, 0.3) is 0 Å². The second-order valence-corrected chi connectivity index (χ2v) is 14.3. The molecule has 2 rings (SSSR count). The number of rotatable bonds is 7. The molecule has 2 atom stereocenters. The highest BCUT2D eigenvalue weighted by atomic mass is 32.2. The number of likely N-dealkylation sites (tertiary alicyclic amines) is 1.